The van der Waals surface area contributed by atoms with Crippen LogP contribution in [-0.4, -0.2) is 34.4 Å². The third-order valence-corrected chi connectivity index (χ3v) is 2.43. The Morgan fingerprint density at radius 3 is 3.13 bits per heavy atom. The van der Waals surface area contributed by atoms with Crippen LogP contribution in [0.25, 0.3) is 0 Å². The fourth-order valence-corrected chi connectivity index (χ4v) is 1.38. The Bertz CT molecular complexity index is 307. The van der Waals surface area contributed by atoms with Crippen LogP contribution in [0, 0.1) is 0 Å². The Morgan fingerprint density at radius 1 is 1.73 bits per heavy atom. The van der Waals surface area contributed by atoms with Gasteiger partial charge >= 0.3 is 5.97 Å². The Morgan fingerprint density at radius 2 is 2.53 bits per heavy atom. The van der Waals surface area contributed by atoms with Gasteiger partial charge in [-0.05, 0) is 6.07 Å². The van der Waals surface area contributed by atoms with Crippen LogP contribution in [0.4, 0.5) is 0 Å². The highest BCUT2D eigenvalue weighted by atomic mass is 79.9. The summed E-state index contributed by atoms with van der Waals surface area (Å²) in [6.07, 6.45) is 3.17. The predicted octanol–water partition coefficient (Wildman–Crippen LogP) is 0.503. The molecule has 0 bridgehead atoms. The number of halogens is 1. The molecule has 1 rings (SSSR count). The van der Waals surface area contributed by atoms with E-state index in [1.807, 2.05) is 6.07 Å². The van der Waals surface area contributed by atoms with Gasteiger partial charge < -0.3 is 10.1 Å². The molecule has 0 saturated carbocycles. The number of carbonyl (C=O) groups excluding carboxylic acids is 1. The van der Waals surface area contributed by atoms with Crippen LogP contribution in [0.3, 0.4) is 0 Å². The lowest BCUT2D eigenvalue weighted by Gasteiger charge is -2.08. The van der Waals surface area contributed by atoms with E-state index in [2.05, 4.69) is 36.0 Å². The van der Waals surface area contributed by atoms with Gasteiger partial charge in [0.05, 0.1) is 12.8 Å². The topological polar surface area (TPSA) is 64.1 Å². The Kier molecular flexibility index (Phi) is 5.20. The number of nitrogens with zero attached hydrogens (tertiary/aromatic N) is 2. The molecule has 0 aliphatic rings. The molecule has 1 unspecified atom stereocenters. The second-order valence-corrected chi connectivity index (χ2v) is 3.93. The van der Waals surface area contributed by atoms with Crippen molar-refractivity contribution in [2.24, 2.45) is 0 Å². The summed E-state index contributed by atoms with van der Waals surface area (Å²) in [6, 6.07) is 1.81. The Labute approximate surface area is 96.4 Å². The minimum atomic E-state index is -0.329. The molecule has 0 fully saturated rings. The maximum Gasteiger partial charge on any atom is 0.320 e. The third-order valence-electron chi connectivity index (χ3n) is 1.73. The van der Waals surface area contributed by atoms with Gasteiger partial charge in [0.1, 0.15) is 11.2 Å². The van der Waals surface area contributed by atoms with Crippen molar-refractivity contribution < 1.29 is 9.53 Å². The van der Waals surface area contributed by atoms with Crippen LogP contribution in [0.5, 0.6) is 0 Å². The van der Waals surface area contributed by atoms with Crippen molar-refractivity contribution in [1.82, 2.24) is 15.3 Å². The molecule has 0 aromatic carbocycles. The smallest absolute Gasteiger partial charge is 0.320 e. The number of rotatable bonds is 5. The molecule has 1 aromatic rings. The van der Waals surface area contributed by atoms with Crippen molar-refractivity contribution >= 4 is 21.9 Å². The van der Waals surface area contributed by atoms with Crippen LogP contribution < -0.4 is 5.32 Å². The molecule has 5 nitrogen and oxygen atoms in total. The number of hydrogen-bond donors (Lipinski definition) is 1. The Hall–Kier alpha value is -1.01. The van der Waals surface area contributed by atoms with Crippen molar-refractivity contribution in [2.75, 3.05) is 13.7 Å². The van der Waals surface area contributed by atoms with E-state index in [-0.39, 0.29) is 10.8 Å². The summed E-state index contributed by atoms with van der Waals surface area (Å²) in [5.41, 5.74) is 0.884. The lowest BCUT2D eigenvalue weighted by molar-refractivity contribution is -0.139. The first-order valence-corrected chi connectivity index (χ1v) is 5.33. The predicted molar refractivity (Wildman–Crippen MR) is 58.5 cm³/mol. The van der Waals surface area contributed by atoms with Crippen LogP contribution >= 0.6 is 15.9 Å². The molecule has 1 heterocycles. The van der Waals surface area contributed by atoms with Gasteiger partial charge in [-0.2, -0.15) is 0 Å². The van der Waals surface area contributed by atoms with Crippen molar-refractivity contribution in [3.05, 3.63) is 24.3 Å². The number of esters is 1. The van der Waals surface area contributed by atoms with Crippen molar-refractivity contribution in [3.8, 4) is 0 Å². The summed E-state index contributed by atoms with van der Waals surface area (Å²) in [6.45, 7) is 1.10. The molecule has 0 aliphatic heterocycles. The van der Waals surface area contributed by atoms with Gasteiger partial charge in [-0.3, -0.25) is 4.79 Å². The number of carbonyl (C=O) groups is 1. The molecule has 0 radical (unpaired) electrons. The molecule has 1 atom stereocenters. The van der Waals surface area contributed by atoms with E-state index < -0.39 is 0 Å². The molecular formula is C9H12BrN3O2. The van der Waals surface area contributed by atoms with E-state index in [4.69, 9.17) is 0 Å². The highest BCUT2D eigenvalue weighted by molar-refractivity contribution is 9.10. The zero-order valence-corrected chi connectivity index (χ0v) is 9.90. The fraction of sp³-hybridized carbons (Fsp3) is 0.444. The van der Waals surface area contributed by atoms with Gasteiger partial charge in [-0.15, -0.1) is 0 Å². The maximum atomic E-state index is 11.0. The highest BCUT2D eigenvalue weighted by Gasteiger charge is 2.13. The first-order valence-electron chi connectivity index (χ1n) is 4.41. The second kappa shape index (κ2) is 6.47. The molecule has 0 amide bonds. The minimum absolute atomic E-state index is 0.287. The molecule has 82 valence electrons. The average molecular weight is 274 g/mol. The van der Waals surface area contributed by atoms with Crippen LogP contribution in [-0.2, 0) is 16.1 Å². The number of alkyl halides is 1. The van der Waals surface area contributed by atoms with Gasteiger partial charge in [0.15, 0.2) is 0 Å². The van der Waals surface area contributed by atoms with E-state index in [0.717, 1.165) is 5.69 Å². The monoisotopic (exact) mass is 273 g/mol. The first-order chi connectivity index (χ1) is 7.24. The summed E-state index contributed by atoms with van der Waals surface area (Å²) in [4.78, 5) is 18.5. The molecule has 0 spiro atoms. The third kappa shape index (κ3) is 4.35. The lowest BCUT2D eigenvalue weighted by atomic mass is 10.4. The zero-order valence-electron chi connectivity index (χ0n) is 8.31. The summed E-state index contributed by atoms with van der Waals surface area (Å²) in [5.74, 6) is -0.287. The number of aromatic nitrogens is 2. The van der Waals surface area contributed by atoms with E-state index >= 15 is 0 Å². The molecule has 15 heavy (non-hydrogen) atoms. The van der Waals surface area contributed by atoms with E-state index in [1.54, 1.807) is 6.20 Å². The Balaban J connectivity index is 2.25. The van der Waals surface area contributed by atoms with Crippen molar-refractivity contribution in [3.63, 3.8) is 0 Å². The average Bonchev–Trinajstić information content (AvgIpc) is 2.29. The molecule has 0 saturated heterocycles. The summed E-state index contributed by atoms with van der Waals surface area (Å²) >= 11 is 3.21. The first kappa shape index (κ1) is 12.1. The summed E-state index contributed by atoms with van der Waals surface area (Å²) < 4.78 is 4.56. The molecule has 1 aromatic heterocycles. The largest absolute Gasteiger partial charge is 0.468 e. The number of ether oxygens (including phenoxy) is 1. The van der Waals surface area contributed by atoms with Crippen LogP contribution in [0.2, 0.25) is 0 Å². The molecule has 6 heteroatoms. The second-order valence-electron chi connectivity index (χ2n) is 2.82. The number of nitrogens with one attached hydrogen (secondary N) is 1. The van der Waals surface area contributed by atoms with Gasteiger partial charge in [-0.1, -0.05) is 15.9 Å². The summed E-state index contributed by atoms with van der Waals surface area (Å²) in [7, 11) is 1.36. The van der Waals surface area contributed by atoms with Crippen LogP contribution in [0.15, 0.2) is 18.6 Å². The van der Waals surface area contributed by atoms with E-state index in [1.165, 1.54) is 13.4 Å². The number of hydrogen-bond acceptors (Lipinski definition) is 5. The molecular weight excluding hydrogens is 262 g/mol. The van der Waals surface area contributed by atoms with Crippen molar-refractivity contribution in [2.45, 2.75) is 11.4 Å². The van der Waals surface area contributed by atoms with Crippen LogP contribution in [0.1, 0.15) is 5.69 Å². The minimum Gasteiger partial charge on any atom is -0.468 e. The van der Waals surface area contributed by atoms with Gasteiger partial charge in [0.25, 0.3) is 0 Å². The fourth-order valence-electron chi connectivity index (χ4n) is 0.961. The molecule has 0 aliphatic carbocycles. The van der Waals surface area contributed by atoms with Gasteiger partial charge in [-0.25, -0.2) is 9.97 Å². The lowest BCUT2D eigenvalue weighted by Crippen LogP contribution is -2.29. The highest BCUT2D eigenvalue weighted by Crippen LogP contribution is 2.00. The normalized spacial score (nSPS) is 12.1. The quantitative estimate of drug-likeness (QED) is 0.626. The van der Waals surface area contributed by atoms with Crippen molar-refractivity contribution in [1.29, 1.82) is 0 Å². The van der Waals surface area contributed by atoms with E-state index in [9.17, 15) is 4.79 Å². The van der Waals surface area contributed by atoms with Gasteiger partial charge in [0.2, 0.25) is 0 Å². The summed E-state index contributed by atoms with van der Waals surface area (Å²) in [5, 5.41) is 3.08. The standard InChI is InChI=1S/C9H12BrN3O2/c1-15-9(14)8(10)5-12-4-7-2-3-11-6-13-7/h2-3,6,8,12H,4-5H2,1H3. The van der Waals surface area contributed by atoms with E-state index in [0.29, 0.717) is 13.1 Å². The number of methoxy groups -OCH3 is 1. The molecule has 1 N–H and O–H groups in total. The zero-order chi connectivity index (χ0) is 11.1. The van der Waals surface area contributed by atoms with Gasteiger partial charge in [0, 0.05) is 19.3 Å². The maximum absolute atomic E-state index is 11.0. The SMILES string of the molecule is COC(=O)C(Br)CNCc1ccncn1.